The molecule has 1 saturated heterocycles. The molecule has 3 rings (SSSR count). The van der Waals surface area contributed by atoms with Crippen molar-refractivity contribution < 1.29 is 9.25 Å². The van der Waals surface area contributed by atoms with Gasteiger partial charge in [0.2, 0.25) is 5.89 Å². The molecule has 0 N–H and O–H groups in total. The van der Waals surface area contributed by atoms with Crippen molar-refractivity contribution in [2.75, 3.05) is 26.4 Å². The Balaban J connectivity index is 1.81. The molecule has 0 spiro atoms. The van der Waals surface area contributed by atoms with Crippen molar-refractivity contribution in [2.24, 2.45) is 0 Å². The first-order chi connectivity index (χ1) is 8.38. The van der Waals surface area contributed by atoms with Crippen LogP contribution in [0.4, 0.5) is 0 Å². The average Bonchev–Trinajstić information content (AvgIpc) is 2.97. The SMILES string of the molecule is C=CCON1CN2CC=C(c3ncco3)C1C2. The van der Waals surface area contributed by atoms with Crippen LogP contribution in [-0.4, -0.2) is 47.4 Å². The highest BCUT2D eigenvalue weighted by atomic mass is 16.7. The molecular weight excluding hydrogens is 218 g/mol. The number of rotatable bonds is 4. The molecule has 3 heterocycles. The van der Waals surface area contributed by atoms with Crippen LogP contribution in [0.15, 0.2) is 35.6 Å². The first kappa shape index (κ1) is 10.7. The van der Waals surface area contributed by atoms with E-state index in [0.29, 0.717) is 12.5 Å². The molecule has 2 unspecified atom stereocenters. The molecule has 0 aromatic carbocycles. The summed E-state index contributed by atoms with van der Waals surface area (Å²) >= 11 is 0. The molecule has 0 radical (unpaired) electrons. The maximum absolute atomic E-state index is 5.66. The van der Waals surface area contributed by atoms with Crippen molar-refractivity contribution in [1.29, 1.82) is 0 Å². The van der Waals surface area contributed by atoms with Gasteiger partial charge in [-0.2, -0.15) is 5.06 Å². The number of nitrogens with zero attached hydrogens (tertiary/aromatic N) is 3. The van der Waals surface area contributed by atoms with Crippen LogP contribution in [0, 0.1) is 0 Å². The van der Waals surface area contributed by atoms with E-state index in [1.807, 2.05) is 5.06 Å². The molecule has 5 nitrogen and oxygen atoms in total. The third-order valence-corrected chi connectivity index (χ3v) is 3.08. The first-order valence-corrected chi connectivity index (χ1v) is 5.71. The highest BCUT2D eigenvalue weighted by molar-refractivity contribution is 5.65. The molecule has 2 aliphatic rings. The maximum Gasteiger partial charge on any atom is 0.223 e. The van der Waals surface area contributed by atoms with Crippen molar-refractivity contribution in [1.82, 2.24) is 14.9 Å². The molecule has 90 valence electrons. The summed E-state index contributed by atoms with van der Waals surface area (Å²) in [6, 6.07) is 0.211. The quantitative estimate of drug-likeness (QED) is 0.729. The second-order valence-electron chi connectivity index (χ2n) is 4.19. The Morgan fingerprint density at radius 2 is 2.59 bits per heavy atom. The smallest absolute Gasteiger partial charge is 0.223 e. The average molecular weight is 233 g/mol. The van der Waals surface area contributed by atoms with Crippen molar-refractivity contribution in [3.8, 4) is 0 Å². The fourth-order valence-electron chi connectivity index (χ4n) is 2.31. The molecule has 2 aliphatic heterocycles. The van der Waals surface area contributed by atoms with Gasteiger partial charge < -0.3 is 4.42 Å². The van der Waals surface area contributed by atoms with Gasteiger partial charge >= 0.3 is 0 Å². The van der Waals surface area contributed by atoms with Crippen LogP contribution in [-0.2, 0) is 4.84 Å². The van der Waals surface area contributed by atoms with Crippen LogP contribution in [0.5, 0.6) is 0 Å². The first-order valence-electron chi connectivity index (χ1n) is 5.71. The maximum atomic E-state index is 5.66. The van der Waals surface area contributed by atoms with Crippen LogP contribution < -0.4 is 0 Å². The minimum atomic E-state index is 0.211. The number of fused-ring (bicyclic) bond motifs is 2. The van der Waals surface area contributed by atoms with Gasteiger partial charge in [-0.05, 0) is 0 Å². The van der Waals surface area contributed by atoms with E-state index >= 15 is 0 Å². The lowest BCUT2D eigenvalue weighted by molar-refractivity contribution is -0.151. The Morgan fingerprint density at radius 1 is 1.65 bits per heavy atom. The summed E-state index contributed by atoms with van der Waals surface area (Å²) in [7, 11) is 0. The number of hydrogen-bond acceptors (Lipinski definition) is 5. The van der Waals surface area contributed by atoms with Gasteiger partial charge in [-0.25, -0.2) is 4.98 Å². The van der Waals surface area contributed by atoms with E-state index < -0.39 is 0 Å². The van der Waals surface area contributed by atoms with Crippen LogP contribution in [0.25, 0.3) is 5.57 Å². The topological polar surface area (TPSA) is 41.7 Å². The fourth-order valence-corrected chi connectivity index (χ4v) is 2.31. The van der Waals surface area contributed by atoms with Gasteiger partial charge in [0.05, 0.1) is 25.5 Å². The molecular formula is C12H15N3O2. The predicted molar refractivity (Wildman–Crippen MR) is 62.7 cm³/mol. The van der Waals surface area contributed by atoms with Gasteiger partial charge in [0.1, 0.15) is 6.26 Å². The van der Waals surface area contributed by atoms with Crippen LogP contribution >= 0.6 is 0 Å². The molecule has 5 heteroatoms. The minimum absolute atomic E-state index is 0.211. The van der Waals surface area contributed by atoms with Gasteiger partial charge in [-0.15, -0.1) is 6.58 Å². The second kappa shape index (κ2) is 4.44. The van der Waals surface area contributed by atoms with Crippen LogP contribution in [0.1, 0.15) is 5.89 Å². The molecule has 1 aromatic heterocycles. The monoisotopic (exact) mass is 233 g/mol. The zero-order valence-corrected chi connectivity index (χ0v) is 9.58. The van der Waals surface area contributed by atoms with E-state index in [2.05, 4.69) is 22.5 Å². The number of oxazole rings is 1. The Hall–Kier alpha value is -1.43. The Kier molecular flexibility index (Phi) is 2.80. The van der Waals surface area contributed by atoms with Crippen molar-refractivity contribution >= 4 is 5.57 Å². The number of aromatic nitrogens is 1. The highest BCUT2D eigenvalue weighted by Crippen LogP contribution is 2.30. The van der Waals surface area contributed by atoms with Crippen molar-refractivity contribution in [3.63, 3.8) is 0 Å². The van der Waals surface area contributed by atoms with Crippen LogP contribution in [0.3, 0.4) is 0 Å². The normalized spacial score (nSPS) is 28.1. The molecule has 2 atom stereocenters. The summed E-state index contributed by atoms with van der Waals surface area (Å²) in [5, 5.41) is 1.98. The molecule has 1 fully saturated rings. The van der Waals surface area contributed by atoms with E-state index in [1.165, 1.54) is 0 Å². The van der Waals surface area contributed by atoms with Gasteiger partial charge in [0, 0.05) is 18.7 Å². The van der Waals surface area contributed by atoms with E-state index in [0.717, 1.165) is 25.3 Å². The van der Waals surface area contributed by atoms with Gasteiger partial charge in [0.25, 0.3) is 0 Å². The van der Waals surface area contributed by atoms with Crippen LogP contribution in [0.2, 0.25) is 0 Å². The minimum Gasteiger partial charge on any atom is -0.445 e. The summed E-state index contributed by atoms with van der Waals surface area (Å²) in [4.78, 5) is 12.2. The van der Waals surface area contributed by atoms with E-state index in [9.17, 15) is 0 Å². The fraction of sp³-hybridized carbons (Fsp3) is 0.417. The lowest BCUT2D eigenvalue weighted by Gasteiger charge is -2.23. The predicted octanol–water partition coefficient (Wildman–Crippen LogP) is 1.13. The van der Waals surface area contributed by atoms with Gasteiger partial charge in [0.15, 0.2) is 0 Å². The largest absolute Gasteiger partial charge is 0.445 e. The number of hydroxylamine groups is 2. The molecule has 1 aromatic rings. The molecule has 0 saturated carbocycles. The molecule has 0 amide bonds. The van der Waals surface area contributed by atoms with E-state index in [4.69, 9.17) is 9.25 Å². The van der Waals surface area contributed by atoms with E-state index in [1.54, 1.807) is 18.5 Å². The molecule has 0 aliphatic carbocycles. The summed E-state index contributed by atoms with van der Waals surface area (Å²) in [6.07, 6.45) is 7.20. The third kappa shape index (κ3) is 1.93. The zero-order valence-electron chi connectivity index (χ0n) is 9.58. The molecule has 17 heavy (non-hydrogen) atoms. The Bertz CT molecular complexity index is 427. The summed E-state index contributed by atoms with van der Waals surface area (Å²) < 4.78 is 5.38. The zero-order chi connectivity index (χ0) is 11.7. The Labute approximate surface area is 99.9 Å². The lowest BCUT2D eigenvalue weighted by Crippen LogP contribution is -2.32. The van der Waals surface area contributed by atoms with Crippen molar-refractivity contribution in [2.45, 2.75) is 6.04 Å². The second-order valence-corrected chi connectivity index (χ2v) is 4.19. The van der Waals surface area contributed by atoms with E-state index in [-0.39, 0.29) is 6.04 Å². The summed E-state index contributed by atoms with van der Waals surface area (Å²) in [6.45, 7) is 6.90. The summed E-state index contributed by atoms with van der Waals surface area (Å²) in [5.74, 6) is 0.698. The highest BCUT2D eigenvalue weighted by Gasteiger charge is 2.38. The summed E-state index contributed by atoms with van der Waals surface area (Å²) in [5.41, 5.74) is 1.12. The lowest BCUT2D eigenvalue weighted by atomic mass is 10.0. The standard InChI is InChI=1S/C12H15N3O2/c1-2-6-17-15-9-14-5-3-10(11(15)8-14)12-13-4-7-16-12/h2-4,7,11H,1,5-6,8-9H2. The third-order valence-electron chi connectivity index (χ3n) is 3.08. The van der Waals surface area contributed by atoms with Crippen molar-refractivity contribution in [3.05, 3.63) is 37.1 Å². The Morgan fingerprint density at radius 3 is 3.35 bits per heavy atom. The molecule has 2 bridgehead atoms. The number of hydrogen-bond donors (Lipinski definition) is 0. The van der Waals surface area contributed by atoms with Gasteiger partial charge in [-0.3, -0.25) is 9.74 Å². The van der Waals surface area contributed by atoms with Gasteiger partial charge in [-0.1, -0.05) is 12.2 Å².